The molecule has 0 bridgehead atoms. The van der Waals surface area contributed by atoms with Crippen molar-refractivity contribution >= 4 is 28.6 Å². The highest BCUT2D eigenvalue weighted by Gasteiger charge is 2.44. The molecule has 0 amide bonds. The maximum absolute atomic E-state index is 13.2. The van der Waals surface area contributed by atoms with Crippen molar-refractivity contribution < 1.29 is 27.8 Å². The van der Waals surface area contributed by atoms with Crippen LogP contribution in [0.25, 0.3) is 10.9 Å². The second-order valence-electron chi connectivity index (χ2n) is 4.91. The van der Waals surface area contributed by atoms with Crippen LogP contribution in [-0.2, 0) is 10.6 Å². The van der Waals surface area contributed by atoms with Gasteiger partial charge in [-0.25, -0.2) is 4.79 Å². The lowest BCUT2D eigenvalue weighted by Gasteiger charge is -2.26. The van der Waals surface area contributed by atoms with Gasteiger partial charge >= 0.3 is 12.3 Å². The number of carbonyl (C=O) groups is 1. The fourth-order valence-electron chi connectivity index (χ4n) is 2.59. The van der Waals surface area contributed by atoms with Gasteiger partial charge in [0, 0.05) is 6.07 Å². The number of hydrogen-bond donors (Lipinski definition) is 0. The molecule has 2 aromatic rings. The molecule has 23 heavy (non-hydrogen) atoms. The second-order valence-corrected chi connectivity index (χ2v) is 5.85. The number of pyridine rings is 1. The number of aromatic nitrogens is 1. The summed E-state index contributed by atoms with van der Waals surface area (Å²) in [7, 11) is 0. The van der Waals surface area contributed by atoms with Gasteiger partial charge < -0.3 is 18.8 Å². The third-order valence-electron chi connectivity index (χ3n) is 3.55. The van der Waals surface area contributed by atoms with Gasteiger partial charge in [-0.1, -0.05) is 11.8 Å². The molecule has 0 aliphatic carbocycles. The Morgan fingerprint density at radius 3 is 2.70 bits per heavy atom. The van der Waals surface area contributed by atoms with Crippen molar-refractivity contribution in [1.82, 2.24) is 4.57 Å². The molecule has 1 aromatic carbocycles. The lowest BCUT2D eigenvalue weighted by Crippen LogP contribution is -2.27. The summed E-state index contributed by atoms with van der Waals surface area (Å²) in [6.07, 6.45) is -3.76. The van der Waals surface area contributed by atoms with E-state index in [9.17, 15) is 18.4 Å². The summed E-state index contributed by atoms with van der Waals surface area (Å²) in [5.74, 6) is -0.605. The van der Waals surface area contributed by atoms with E-state index >= 15 is 0 Å². The van der Waals surface area contributed by atoms with Crippen molar-refractivity contribution in [1.29, 1.82) is 0 Å². The number of ether oxygens (including phenoxy) is 3. The number of esters is 1. The van der Waals surface area contributed by atoms with Crippen LogP contribution in [0.1, 0.15) is 17.3 Å². The number of thioether (sulfide) groups is 1. The number of hydrogen-bond acceptors (Lipinski definition) is 6. The Morgan fingerprint density at radius 2 is 2.09 bits per heavy atom. The van der Waals surface area contributed by atoms with Crippen molar-refractivity contribution in [3.05, 3.63) is 27.9 Å². The number of rotatable bonds is 2. The van der Waals surface area contributed by atoms with Crippen LogP contribution in [-0.4, -0.2) is 23.4 Å². The van der Waals surface area contributed by atoms with Gasteiger partial charge in [0.2, 0.25) is 5.43 Å². The first-order chi connectivity index (χ1) is 10.9. The zero-order valence-electron chi connectivity index (χ0n) is 11.7. The summed E-state index contributed by atoms with van der Waals surface area (Å²) >= 11 is 1.32. The third kappa shape index (κ3) is 1.99. The topological polar surface area (TPSA) is 66.8 Å². The largest absolute Gasteiger partial charge is 0.586 e. The molecular weight excluding hydrogens is 332 g/mol. The normalized spacial score (nSPS) is 16.8. The number of alkyl halides is 2. The fourth-order valence-corrected chi connectivity index (χ4v) is 3.53. The van der Waals surface area contributed by atoms with E-state index in [0.717, 1.165) is 0 Å². The molecule has 0 unspecified atom stereocenters. The molecule has 9 heteroatoms. The molecule has 0 atom stereocenters. The van der Waals surface area contributed by atoms with Gasteiger partial charge in [-0.05, 0) is 13.0 Å². The first-order valence-electron chi connectivity index (χ1n) is 6.71. The van der Waals surface area contributed by atoms with E-state index in [2.05, 4.69) is 9.47 Å². The molecule has 3 heterocycles. The van der Waals surface area contributed by atoms with Crippen LogP contribution < -0.4 is 14.9 Å². The smallest absolute Gasteiger partial charge is 0.462 e. The van der Waals surface area contributed by atoms with Gasteiger partial charge in [-0.3, -0.25) is 4.79 Å². The predicted octanol–water partition coefficient (Wildman–Crippen LogP) is 2.56. The van der Waals surface area contributed by atoms with Crippen LogP contribution in [0.15, 0.2) is 22.0 Å². The van der Waals surface area contributed by atoms with E-state index in [4.69, 9.17) is 4.74 Å². The summed E-state index contributed by atoms with van der Waals surface area (Å²) in [4.78, 5) is 24.6. The summed E-state index contributed by atoms with van der Waals surface area (Å²) in [5, 5.41) is 0.573. The second kappa shape index (κ2) is 4.60. The van der Waals surface area contributed by atoms with Crippen molar-refractivity contribution in [2.24, 2.45) is 0 Å². The minimum absolute atomic E-state index is 0.0822. The summed E-state index contributed by atoms with van der Waals surface area (Å²) in [6, 6.07) is 2.50. The molecule has 0 radical (unpaired) electrons. The van der Waals surface area contributed by atoms with Gasteiger partial charge in [0.1, 0.15) is 5.56 Å². The SMILES string of the molecule is CCOC(=O)c1c2n(c3cc4c(cc3c1=O)OC(F)(F)O4)CS2. The van der Waals surface area contributed by atoms with Crippen molar-refractivity contribution in [2.45, 2.75) is 24.1 Å². The summed E-state index contributed by atoms with van der Waals surface area (Å²) < 4.78 is 41.7. The Morgan fingerprint density at radius 1 is 1.39 bits per heavy atom. The van der Waals surface area contributed by atoms with Crippen LogP contribution >= 0.6 is 11.8 Å². The van der Waals surface area contributed by atoms with E-state index in [1.807, 2.05) is 0 Å². The van der Waals surface area contributed by atoms with Gasteiger partial charge in [0.25, 0.3) is 0 Å². The Labute approximate surface area is 131 Å². The van der Waals surface area contributed by atoms with Gasteiger partial charge in [-0.15, -0.1) is 8.78 Å². The molecule has 2 aliphatic heterocycles. The van der Waals surface area contributed by atoms with E-state index in [1.165, 1.54) is 23.9 Å². The average molecular weight is 341 g/mol. The van der Waals surface area contributed by atoms with Crippen molar-refractivity contribution in [2.75, 3.05) is 6.61 Å². The molecule has 0 N–H and O–H groups in total. The molecule has 0 saturated carbocycles. The van der Waals surface area contributed by atoms with Crippen molar-refractivity contribution in [3.63, 3.8) is 0 Å². The average Bonchev–Trinajstić information content (AvgIpc) is 2.73. The molecule has 2 aliphatic rings. The number of fused-ring (bicyclic) bond motifs is 4. The number of halogens is 2. The standard InChI is InChI=1S/C14H9F2NO5S/c1-2-20-13(19)10-11(18)6-3-8-9(22-14(15,16)21-8)4-7(6)17-5-23-12(10)17/h3-4H,2,5H2,1H3. The molecule has 1 aromatic heterocycles. The van der Waals surface area contributed by atoms with E-state index in [-0.39, 0.29) is 29.1 Å². The predicted molar refractivity (Wildman–Crippen MR) is 76.2 cm³/mol. The quantitative estimate of drug-likeness (QED) is 0.782. The lowest BCUT2D eigenvalue weighted by molar-refractivity contribution is -0.286. The minimum atomic E-state index is -3.76. The maximum atomic E-state index is 13.2. The van der Waals surface area contributed by atoms with Gasteiger partial charge in [-0.2, -0.15) is 0 Å². The van der Waals surface area contributed by atoms with Crippen molar-refractivity contribution in [3.8, 4) is 11.5 Å². The van der Waals surface area contributed by atoms with Crippen LogP contribution in [0.4, 0.5) is 8.78 Å². The van der Waals surface area contributed by atoms with E-state index in [1.54, 1.807) is 11.5 Å². The van der Waals surface area contributed by atoms with Gasteiger partial charge in [0.15, 0.2) is 11.5 Å². The summed E-state index contributed by atoms with van der Waals surface area (Å²) in [6.45, 7) is 1.77. The van der Waals surface area contributed by atoms with E-state index in [0.29, 0.717) is 16.4 Å². The van der Waals surface area contributed by atoms with Crippen LogP contribution in [0.2, 0.25) is 0 Å². The highest BCUT2D eigenvalue weighted by molar-refractivity contribution is 7.99. The Balaban J connectivity index is 1.99. The molecule has 4 rings (SSSR count). The van der Waals surface area contributed by atoms with Crippen LogP contribution in [0, 0.1) is 0 Å². The Kier molecular flexibility index (Phi) is 2.87. The number of nitrogens with zero attached hydrogens (tertiary/aromatic N) is 1. The third-order valence-corrected chi connectivity index (χ3v) is 4.64. The lowest BCUT2D eigenvalue weighted by atomic mass is 10.1. The zero-order valence-corrected chi connectivity index (χ0v) is 12.5. The first-order valence-corrected chi connectivity index (χ1v) is 7.70. The molecule has 0 fully saturated rings. The maximum Gasteiger partial charge on any atom is 0.586 e. The Hall–Kier alpha value is -2.29. The molecular formula is C14H9F2NO5S. The van der Waals surface area contributed by atoms with Crippen LogP contribution in [0.5, 0.6) is 11.5 Å². The first kappa shape index (κ1) is 14.3. The highest BCUT2D eigenvalue weighted by atomic mass is 32.2. The minimum Gasteiger partial charge on any atom is -0.462 e. The molecule has 0 saturated heterocycles. The zero-order chi connectivity index (χ0) is 16.4. The highest BCUT2D eigenvalue weighted by Crippen LogP contribution is 2.45. The van der Waals surface area contributed by atoms with E-state index < -0.39 is 17.7 Å². The number of carbonyl (C=O) groups excluding carboxylic acids is 1. The molecule has 0 spiro atoms. The number of benzene rings is 1. The fraction of sp³-hybridized carbons (Fsp3) is 0.286. The molecule has 120 valence electrons. The van der Waals surface area contributed by atoms with Gasteiger partial charge in [0.05, 0.1) is 28.4 Å². The molecule has 6 nitrogen and oxygen atoms in total. The monoisotopic (exact) mass is 341 g/mol. The van der Waals surface area contributed by atoms with Crippen LogP contribution in [0.3, 0.4) is 0 Å². The Bertz CT molecular complexity index is 924. The summed E-state index contributed by atoms with van der Waals surface area (Å²) in [5.41, 5.74) is -0.239.